The van der Waals surface area contributed by atoms with E-state index in [1.807, 2.05) is 13.8 Å². The molecule has 5 nitrogen and oxygen atoms in total. The van der Waals surface area contributed by atoms with Crippen molar-refractivity contribution in [2.45, 2.75) is 39.0 Å². The summed E-state index contributed by atoms with van der Waals surface area (Å²) in [5.41, 5.74) is 7.17. The smallest absolute Gasteiger partial charge is 0.251 e. The molecule has 1 fully saturated rings. The first kappa shape index (κ1) is 15.8. The molecule has 0 radical (unpaired) electrons. The zero-order valence-electron chi connectivity index (χ0n) is 12.9. The minimum Gasteiger partial charge on any atom is -0.384 e. The first-order valence-electron chi connectivity index (χ1n) is 7.69. The molecule has 1 aromatic rings. The lowest BCUT2D eigenvalue weighted by Crippen LogP contribution is -2.25. The van der Waals surface area contributed by atoms with Gasteiger partial charge in [0.1, 0.15) is 5.82 Å². The maximum Gasteiger partial charge on any atom is 0.251 e. The fourth-order valence-corrected chi connectivity index (χ4v) is 2.01. The number of nitrogens with zero attached hydrogens (tertiary/aromatic N) is 1. The molecule has 0 unspecified atom stereocenters. The van der Waals surface area contributed by atoms with Gasteiger partial charge in [-0.3, -0.25) is 4.79 Å². The summed E-state index contributed by atoms with van der Waals surface area (Å²) in [7, 11) is 0. The van der Waals surface area contributed by atoms with Crippen molar-refractivity contribution < 1.29 is 9.53 Å². The second kappa shape index (κ2) is 7.41. The molecule has 0 saturated heterocycles. The van der Waals surface area contributed by atoms with Gasteiger partial charge in [0.25, 0.3) is 5.91 Å². The molecule has 1 aromatic heterocycles. The van der Waals surface area contributed by atoms with Crippen molar-refractivity contribution in [3.8, 4) is 0 Å². The Kier molecular flexibility index (Phi) is 5.56. The third-order valence-corrected chi connectivity index (χ3v) is 3.52. The van der Waals surface area contributed by atoms with Crippen molar-refractivity contribution >= 4 is 11.7 Å². The van der Waals surface area contributed by atoms with E-state index >= 15 is 0 Å². The molecule has 1 amide bonds. The van der Waals surface area contributed by atoms with Gasteiger partial charge in [0.05, 0.1) is 0 Å². The van der Waals surface area contributed by atoms with E-state index in [0.717, 1.165) is 24.6 Å². The molecular formula is C16H25N3O2. The van der Waals surface area contributed by atoms with Crippen molar-refractivity contribution in [3.05, 3.63) is 23.4 Å². The zero-order valence-corrected chi connectivity index (χ0v) is 12.9. The predicted octanol–water partition coefficient (Wildman–Crippen LogP) is 2.33. The van der Waals surface area contributed by atoms with E-state index in [1.165, 1.54) is 12.8 Å². The van der Waals surface area contributed by atoms with Crippen LogP contribution in [0.1, 0.15) is 55.1 Å². The highest BCUT2D eigenvalue weighted by molar-refractivity contribution is 5.94. The molecular weight excluding hydrogens is 266 g/mol. The largest absolute Gasteiger partial charge is 0.384 e. The van der Waals surface area contributed by atoms with E-state index in [9.17, 15) is 4.79 Å². The molecule has 1 heterocycles. The third-order valence-electron chi connectivity index (χ3n) is 3.52. The van der Waals surface area contributed by atoms with Crippen molar-refractivity contribution in [1.82, 2.24) is 10.3 Å². The van der Waals surface area contributed by atoms with E-state index < -0.39 is 0 Å². The van der Waals surface area contributed by atoms with Crippen LogP contribution in [-0.2, 0) is 4.74 Å². The fourth-order valence-electron chi connectivity index (χ4n) is 2.01. The number of nitrogens with one attached hydrogen (secondary N) is 1. The van der Waals surface area contributed by atoms with Crippen LogP contribution in [-0.4, -0.2) is 30.6 Å². The monoisotopic (exact) mass is 291 g/mol. The van der Waals surface area contributed by atoms with Gasteiger partial charge in [-0.05, 0) is 43.2 Å². The number of carbonyl (C=O) groups excluding carboxylic acids is 1. The van der Waals surface area contributed by atoms with Crippen LogP contribution in [0.5, 0.6) is 0 Å². The number of hydrogen-bond acceptors (Lipinski definition) is 4. The summed E-state index contributed by atoms with van der Waals surface area (Å²) >= 11 is 0. The highest BCUT2D eigenvalue weighted by Crippen LogP contribution is 2.28. The summed E-state index contributed by atoms with van der Waals surface area (Å²) in [6, 6.07) is 3.42. The maximum atomic E-state index is 12.1. The molecule has 1 aliphatic rings. The first-order valence-corrected chi connectivity index (χ1v) is 7.69. The van der Waals surface area contributed by atoms with Gasteiger partial charge >= 0.3 is 0 Å². The van der Waals surface area contributed by atoms with Crippen molar-refractivity contribution in [2.75, 3.05) is 25.5 Å². The minimum atomic E-state index is -0.104. The predicted molar refractivity (Wildman–Crippen MR) is 83.2 cm³/mol. The van der Waals surface area contributed by atoms with Crippen LogP contribution in [0.3, 0.4) is 0 Å². The Labute approximate surface area is 126 Å². The summed E-state index contributed by atoms with van der Waals surface area (Å²) < 4.78 is 5.53. The van der Waals surface area contributed by atoms with Gasteiger partial charge in [0.2, 0.25) is 0 Å². The standard InChI is InChI=1S/C16H25N3O2/c1-11(2)14-8-13(9-15(17)19-14)16(20)18-6-3-7-21-10-12-4-5-12/h8-9,11-12H,3-7,10H2,1-2H3,(H2,17,19)(H,18,20). The molecule has 116 valence electrons. The Hall–Kier alpha value is -1.62. The van der Waals surface area contributed by atoms with E-state index in [-0.39, 0.29) is 11.8 Å². The average molecular weight is 291 g/mol. The van der Waals surface area contributed by atoms with Gasteiger partial charge in [-0.1, -0.05) is 13.8 Å². The molecule has 3 N–H and O–H groups in total. The molecule has 0 spiro atoms. The van der Waals surface area contributed by atoms with Crippen molar-refractivity contribution in [3.63, 3.8) is 0 Å². The van der Waals surface area contributed by atoms with E-state index in [2.05, 4.69) is 10.3 Å². The molecule has 1 saturated carbocycles. The lowest BCUT2D eigenvalue weighted by atomic mass is 10.1. The summed E-state index contributed by atoms with van der Waals surface area (Å²) in [6.07, 6.45) is 3.44. The normalized spacial score (nSPS) is 14.4. The summed E-state index contributed by atoms with van der Waals surface area (Å²) in [5, 5.41) is 2.89. The SMILES string of the molecule is CC(C)c1cc(C(=O)NCCCOCC2CC2)cc(N)n1. The van der Waals surface area contributed by atoms with Crippen LogP contribution in [0.2, 0.25) is 0 Å². The van der Waals surface area contributed by atoms with E-state index in [4.69, 9.17) is 10.5 Å². The number of amides is 1. The number of aromatic nitrogens is 1. The number of rotatable bonds is 8. The van der Waals surface area contributed by atoms with Gasteiger partial charge in [-0.15, -0.1) is 0 Å². The Balaban J connectivity index is 1.74. The second-order valence-electron chi connectivity index (χ2n) is 5.99. The quantitative estimate of drug-likeness (QED) is 0.721. The molecule has 0 aliphatic heterocycles. The molecule has 1 aliphatic carbocycles. The Morgan fingerprint density at radius 3 is 2.90 bits per heavy atom. The van der Waals surface area contributed by atoms with Crippen LogP contribution in [0.4, 0.5) is 5.82 Å². The topological polar surface area (TPSA) is 77.2 Å². The molecule has 5 heteroatoms. The molecule has 2 rings (SSSR count). The zero-order chi connectivity index (χ0) is 15.2. The number of hydrogen-bond donors (Lipinski definition) is 2. The minimum absolute atomic E-state index is 0.104. The lowest BCUT2D eigenvalue weighted by Gasteiger charge is -2.10. The van der Waals surface area contributed by atoms with Crippen molar-refractivity contribution in [1.29, 1.82) is 0 Å². The number of pyridine rings is 1. The molecule has 21 heavy (non-hydrogen) atoms. The number of nitrogens with two attached hydrogens (primary N) is 1. The Morgan fingerprint density at radius 2 is 2.24 bits per heavy atom. The molecule has 0 atom stereocenters. The first-order chi connectivity index (χ1) is 10.1. The number of carbonyl (C=O) groups is 1. The van der Waals surface area contributed by atoms with Gasteiger partial charge in [-0.2, -0.15) is 0 Å². The summed E-state index contributed by atoms with van der Waals surface area (Å²) in [4.78, 5) is 16.3. The van der Waals surface area contributed by atoms with Crippen LogP contribution in [0.15, 0.2) is 12.1 Å². The van der Waals surface area contributed by atoms with Crippen LogP contribution >= 0.6 is 0 Å². The summed E-state index contributed by atoms with van der Waals surface area (Å²) in [5.74, 6) is 1.32. The Morgan fingerprint density at radius 1 is 1.48 bits per heavy atom. The van der Waals surface area contributed by atoms with Gasteiger partial charge < -0.3 is 15.8 Å². The summed E-state index contributed by atoms with van der Waals surface area (Å²) in [6.45, 7) is 6.24. The highest BCUT2D eigenvalue weighted by atomic mass is 16.5. The van der Waals surface area contributed by atoms with Crippen LogP contribution in [0, 0.1) is 5.92 Å². The van der Waals surface area contributed by atoms with Crippen LogP contribution in [0.25, 0.3) is 0 Å². The number of nitrogen functional groups attached to an aromatic ring is 1. The number of ether oxygens (including phenoxy) is 1. The maximum absolute atomic E-state index is 12.1. The highest BCUT2D eigenvalue weighted by Gasteiger charge is 2.20. The number of anilines is 1. The molecule has 0 bridgehead atoms. The van der Waals surface area contributed by atoms with Gasteiger partial charge in [0.15, 0.2) is 0 Å². The lowest BCUT2D eigenvalue weighted by molar-refractivity contribution is 0.0937. The van der Waals surface area contributed by atoms with Crippen LogP contribution < -0.4 is 11.1 Å². The van der Waals surface area contributed by atoms with Gasteiger partial charge in [0, 0.05) is 31.0 Å². The average Bonchev–Trinajstić information content (AvgIpc) is 3.25. The van der Waals surface area contributed by atoms with E-state index in [0.29, 0.717) is 24.5 Å². The second-order valence-corrected chi connectivity index (χ2v) is 5.99. The fraction of sp³-hybridized carbons (Fsp3) is 0.625. The molecule has 0 aromatic carbocycles. The van der Waals surface area contributed by atoms with Crippen molar-refractivity contribution in [2.24, 2.45) is 5.92 Å². The van der Waals surface area contributed by atoms with E-state index in [1.54, 1.807) is 12.1 Å². The Bertz CT molecular complexity index is 484. The van der Waals surface area contributed by atoms with Gasteiger partial charge in [-0.25, -0.2) is 4.98 Å². The third kappa shape index (κ3) is 5.34.